The van der Waals surface area contributed by atoms with E-state index in [-0.39, 0.29) is 4.90 Å². The SMILES string of the molecule is O=S(=O)(O)c1cccc(Pc2ccccc2-c2ccccc2)c1. The van der Waals surface area contributed by atoms with Gasteiger partial charge in [0.15, 0.2) is 0 Å². The van der Waals surface area contributed by atoms with Gasteiger partial charge in [0, 0.05) is 0 Å². The van der Waals surface area contributed by atoms with E-state index in [2.05, 4.69) is 18.2 Å². The Kier molecular flexibility index (Phi) is 4.58. The van der Waals surface area contributed by atoms with Crippen molar-refractivity contribution in [2.45, 2.75) is 4.90 Å². The molecule has 0 bridgehead atoms. The Bertz CT molecular complexity index is 922. The van der Waals surface area contributed by atoms with Crippen molar-refractivity contribution >= 4 is 29.3 Å². The largest absolute Gasteiger partial charge is 0.294 e. The lowest BCUT2D eigenvalue weighted by atomic mass is 10.1. The molecule has 0 radical (unpaired) electrons. The van der Waals surface area contributed by atoms with E-state index in [1.807, 2.05) is 42.5 Å². The van der Waals surface area contributed by atoms with E-state index in [0.717, 1.165) is 21.7 Å². The zero-order valence-corrected chi connectivity index (χ0v) is 14.0. The van der Waals surface area contributed by atoms with Gasteiger partial charge >= 0.3 is 0 Å². The minimum atomic E-state index is -4.18. The highest BCUT2D eigenvalue weighted by Crippen LogP contribution is 2.23. The third kappa shape index (κ3) is 3.85. The number of benzene rings is 3. The van der Waals surface area contributed by atoms with E-state index in [1.54, 1.807) is 6.07 Å². The van der Waals surface area contributed by atoms with Gasteiger partial charge in [0.2, 0.25) is 0 Å². The maximum atomic E-state index is 11.3. The van der Waals surface area contributed by atoms with Crippen LogP contribution in [0.15, 0.2) is 83.8 Å². The fourth-order valence-electron chi connectivity index (χ4n) is 2.35. The molecule has 116 valence electrons. The molecule has 5 heteroatoms. The lowest BCUT2D eigenvalue weighted by Crippen LogP contribution is -2.08. The highest BCUT2D eigenvalue weighted by atomic mass is 32.2. The summed E-state index contributed by atoms with van der Waals surface area (Å²) in [5.74, 6) is 0. The maximum absolute atomic E-state index is 11.3. The summed E-state index contributed by atoms with van der Waals surface area (Å²) in [4.78, 5) is -0.0697. The van der Waals surface area contributed by atoms with Gasteiger partial charge in [-0.25, -0.2) is 0 Å². The Labute approximate surface area is 137 Å². The molecule has 0 saturated heterocycles. The quantitative estimate of drug-likeness (QED) is 0.585. The van der Waals surface area contributed by atoms with Gasteiger partial charge in [-0.05, 0) is 33.9 Å². The monoisotopic (exact) mass is 342 g/mol. The highest BCUT2D eigenvalue weighted by molar-refractivity contribution is 7.85. The third-order valence-corrected chi connectivity index (χ3v) is 5.58. The van der Waals surface area contributed by atoms with Crippen molar-refractivity contribution in [3.63, 3.8) is 0 Å². The van der Waals surface area contributed by atoms with Crippen LogP contribution in [0.4, 0.5) is 0 Å². The van der Waals surface area contributed by atoms with Crippen molar-refractivity contribution in [1.29, 1.82) is 0 Å². The second-order valence-electron chi connectivity index (χ2n) is 5.04. The Balaban J connectivity index is 1.99. The normalized spacial score (nSPS) is 11.9. The van der Waals surface area contributed by atoms with Crippen LogP contribution in [0, 0.1) is 0 Å². The Morgan fingerprint density at radius 1 is 0.783 bits per heavy atom. The summed E-state index contributed by atoms with van der Waals surface area (Å²) in [6, 6.07) is 24.6. The second kappa shape index (κ2) is 6.63. The lowest BCUT2D eigenvalue weighted by Gasteiger charge is -2.10. The number of hydrogen-bond acceptors (Lipinski definition) is 2. The Morgan fingerprint density at radius 2 is 1.48 bits per heavy atom. The molecule has 0 fully saturated rings. The molecule has 1 N–H and O–H groups in total. The first-order chi connectivity index (χ1) is 11.0. The van der Waals surface area contributed by atoms with Gasteiger partial charge in [-0.1, -0.05) is 75.3 Å². The summed E-state index contributed by atoms with van der Waals surface area (Å²) in [7, 11) is -3.87. The van der Waals surface area contributed by atoms with Crippen LogP contribution in [-0.4, -0.2) is 13.0 Å². The van der Waals surface area contributed by atoms with Gasteiger partial charge < -0.3 is 0 Å². The second-order valence-corrected chi connectivity index (χ2v) is 7.83. The van der Waals surface area contributed by atoms with Crippen LogP contribution in [0.1, 0.15) is 0 Å². The van der Waals surface area contributed by atoms with Crippen LogP contribution in [0.2, 0.25) is 0 Å². The predicted molar refractivity (Wildman–Crippen MR) is 95.7 cm³/mol. The molecule has 3 aromatic rings. The van der Waals surface area contributed by atoms with Gasteiger partial charge in [-0.15, -0.1) is 0 Å². The van der Waals surface area contributed by atoms with Crippen molar-refractivity contribution in [2.24, 2.45) is 0 Å². The van der Waals surface area contributed by atoms with E-state index in [4.69, 9.17) is 0 Å². The standard InChI is InChI=1S/C18H15O3PS/c19-23(20,21)16-10-6-9-15(13-16)22-18-12-5-4-11-17(18)14-7-2-1-3-8-14/h1-13,22H,(H,19,20,21). The average Bonchev–Trinajstić information content (AvgIpc) is 2.56. The molecule has 0 aromatic heterocycles. The minimum absolute atomic E-state index is 0.0697. The first kappa shape index (κ1) is 15.9. The molecule has 0 heterocycles. The van der Waals surface area contributed by atoms with Crippen LogP contribution >= 0.6 is 8.58 Å². The molecule has 0 aliphatic carbocycles. The fourth-order valence-corrected chi connectivity index (χ4v) is 4.24. The predicted octanol–water partition coefficient (Wildman–Crippen LogP) is 3.23. The molecule has 0 saturated carbocycles. The van der Waals surface area contributed by atoms with Crippen molar-refractivity contribution in [1.82, 2.24) is 0 Å². The first-order valence-corrected chi connectivity index (χ1v) is 9.47. The van der Waals surface area contributed by atoms with E-state index in [1.165, 1.54) is 12.1 Å². The molecule has 1 unspecified atom stereocenters. The van der Waals surface area contributed by atoms with Crippen LogP contribution in [0.5, 0.6) is 0 Å². The number of hydrogen-bond donors (Lipinski definition) is 1. The zero-order valence-electron chi connectivity index (χ0n) is 12.2. The van der Waals surface area contributed by atoms with Gasteiger partial charge in [0.05, 0.1) is 4.90 Å². The number of rotatable bonds is 4. The molecule has 0 aliphatic rings. The fraction of sp³-hybridized carbons (Fsp3) is 0. The van der Waals surface area contributed by atoms with E-state index < -0.39 is 10.1 Å². The van der Waals surface area contributed by atoms with Gasteiger partial charge in [-0.2, -0.15) is 8.42 Å². The average molecular weight is 342 g/mol. The highest BCUT2D eigenvalue weighted by Gasteiger charge is 2.11. The van der Waals surface area contributed by atoms with E-state index in [0.29, 0.717) is 8.58 Å². The van der Waals surface area contributed by atoms with Crippen molar-refractivity contribution in [2.75, 3.05) is 0 Å². The Hall–Kier alpha value is -2.00. The minimum Gasteiger partial charge on any atom is -0.282 e. The van der Waals surface area contributed by atoms with Gasteiger partial charge in [-0.3, -0.25) is 4.55 Å². The van der Waals surface area contributed by atoms with E-state index in [9.17, 15) is 13.0 Å². The molecule has 0 amide bonds. The zero-order chi connectivity index (χ0) is 16.3. The molecule has 3 nitrogen and oxygen atoms in total. The lowest BCUT2D eigenvalue weighted by molar-refractivity contribution is 0.483. The topological polar surface area (TPSA) is 54.4 Å². The van der Waals surface area contributed by atoms with Crippen molar-refractivity contribution in [3.05, 3.63) is 78.9 Å². The molecular formula is C18H15O3PS. The van der Waals surface area contributed by atoms with Gasteiger partial charge in [0.1, 0.15) is 0 Å². The first-order valence-electron chi connectivity index (χ1n) is 7.03. The smallest absolute Gasteiger partial charge is 0.282 e. The van der Waals surface area contributed by atoms with Crippen molar-refractivity contribution < 1.29 is 13.0 Å². The maximum Gasteiger partial charge on any atom is 0.294 e. The van der Waals surface area contributed by atoms with Crippen LogP contribution in [0.25, 0.3) is 11.1 Å². The third-order valence-electron chi connectivity index (χ3n) is 3.42. The summed E-state index contributed by atoms with van der Waals surface area (Å²) in [5.41, 5.74) is 2.25. The molecule has 23 heavy (non-hydrogen) atoms. The summed E-state index contributed by atoms with van der Waals surface area (Å²) < 4.78 is 31.8. The summed E-state index contributed by atoms with van der Waals surface area (Å²) in [6.45, 7) is 0. The summed E-state index contributed by atoms with van der Waals surface area (Å²) >= 11 is 0. The molecule has 0 aliphatic heterocycles. The molecular weight excluding hydrogens is 327 g/mol. The van der Waals surface area contributed by atoms with Crippen LogP contribution < -0.4 is 10.6 Å². The van der Waals surface area contributed by atoms with Crippen LogP contribution in [-0.2, 0) is 10.1 Å². The van der Waals surface area contributed by atoms with Crippen LogP contribution in [0.3, 0.4) is 0 Å². The molecule has 0 spiro atoms. The summed E-state index contributed by atoms with van der Waals surface area (Å²) in [5, 5.41) is 2.00. The molecule has 3 aromatic carbocycles. The molecule has 1 atom stereocenters. The van der Waals surface area contributed by atoms with E-state index >= 15 is 0 Å². The van der Waals surface area contributed by atoms with Gasteiger partial charge in [0.25, 0.3) is 10.1 Å². The van der Waals surface area contributed by atoms with Crippen molar-refractivity contribution in [3.8, 4) is 11.1 Å². The summed E-state index contributed by atoms with van der Waals surface area (Å²) in [6.07, 6.45) is 0. The molecule has 3 rings (SSSR count). The Morgan fingerprint density at radius 3 is 2.22 bits per heavy atom.